The zero-order valence-electron chi connectivity index (χ0n) is 25.4. The summed E-state index contributed by atoms with van der Waals surface area (Å²) in [5.74, 6) is -0.280. The summed E-state index contributed by atoms with van der Waals surface area (Å²) in [6.07, 6.45) is 45.5. The Morgan fingerprint density at radius 3 is 1.47 bits per heavy atom. The van der Waals surface area contributed by atoms with Crippen molar-refractivity contribution >= 4 is 12.1 Å². The Bertz CT molecular complexity index is 625. The molecule has 1 atom stereocenters. The molecule has 0 aromatic heterocycles. The molecule has 0 aromatic carbocycles. The van der Waals surface area contributed by atoms with Gasteiger partial charge in [0.25, 0.3) is 0 Å². The summed E-state index contributed by atoms with van der Waals surface area (Å²) in [4.78, 5) is 23.8. The minimum Gasteiger partial charge on any atom is -0.303 e. The SMILES string of the molecule is CCCCC/C=C\C/C=C\C/C=C\C/C=C\CCC(C=O)C(=O)[14CH2]CCCCCCCCCCCCCC. The zero-order valence-corrected chi connectivity index (χ0v) is 25.4. The molecule has 0 N–H and O–H groups in total. The number of hydrogen-bond donors (Lipinski definition) is 0. The van der Waals surface area contributed by atoms with Crippen LogP contribution in [0.15, 0.2) is 48.6 Å². The van der Waals surface area contributed by atoms with E-state index in [-0.39, 0.29) is 5.78 Å². The number of carbonyl (C=O) groups excluding carboxylic acids is 2. The fourth-order valence-corrected chi connectivity index (χ4v) is 4.64. The second-order valence-corrected chi connectivity index (χ2v) is 10.9. The van der Waals surface area contributed by atoms with E-state index in [0.29, 0.717) is 12.8 Å². The van der Waals surface area contributed by atoms with E-state index in [1.165, 1.54) is 96.3 Å². The van der Waals surface area contributed by atoms with Gasteiger partial charge in [-0.05, 0) is 51.4 Å². The lowest BCUT2D eigenvalue weighted by molar-refractivity contribution is -0.127. The molecule has 0 aromatic rings. The predicted octanol–water partition coefficient (Wildman–Crippen LogP) is 11.6. The van der Waals surface area contributed by atoms with Crippen LogP contribution in [0, 0.1) is 5.92 Å². The average Bonchev–Trinajstić information content (AvgIpc) is 2.93. The van der Waals surface area contributed by atoms with Crippen molar-refractivity contribution in [2.75, 3.05) is 0 Å². The molecule has 2 heteroatoms. The topological polar surface area (TPSA) is 34.1 Å². The molecule has 0 spiro atoms. The van der Waals surface area contributed by atoms with Gasteiger partial charge in [-0.1, -0.05) is 152 Å². The molecule has 38 heavy (non-hydrogen) atoms. The Morgan fingerprint density at radius 2 is 0.974 bits per heavy atom. The summed E-state index contributed by atoms with van der Waals surface area (Å²) in [6.45, 7) is 4.51. The van der Waals surface area contributed by atoms with Crippen LogP contribution in [0.3, 0.4) is 0 Å². The molecule has 0 aliphatic rings. The fraction of sp³-hybridized carbons (Fsp3) is 0.722. The van der Waals surface area contributed by atoms with E-state index in [4.69, 9.17) is 0 Å². The molecule has 0 rings (SSSR count). The molecule has 0 fully saturated rings. The van der Waals surface area contributed by atoms with Crippen LogP contribution in [0.25, 0.3) is 0 Å². The molecule has 0 heterocycles. The number of allylic oxidation sites excluding steroid dienone is 8. The minimum absolute atomic E-state index is 0.138. The number of unbranched alkanes of at least 4 members (excludes halogenated alkanes) is 15. The van der Waals surface area contributed by atoms with Gasteiger partial charge in [-0.3, -0.25) is 4.79 Å². The van der Waals surface area contributed by atoms with Gasteiger partial charge < -0.3 is 4.79 Å². The molecule has 0 saturated heterocycles. The van der Waals surface area contributed by atoms with E-state index in [1.54, 1.807) is 0 Å². The van der Waals surface area contributed by atoms with Crippen LogP contribution in [0.4, 0.5) is 0 Å². The summed E-state index contributed by atoms with van der Waals surface area (Å²) in [6, 6.07) is 0. The van der Waals surface area contributed by atoms with Crippen molar-refractivity contribution in [1.82, 2.24) is 0 Å². The number of hydrogen-bond acceptors (Lipinski definition) is 2. The Kier molecular flexibility index (Phi) is 30.1. The van der Waals surface area contributed by atoms with Crippen LogP contribution >= 0.6 is 0 Å². The molecular formula is C36H62O2. The number of carbonyl (C=O) groups is 2. The second kappa shape index (κ2) is 31.5. The van der Waals surface area contributed by atoms with Crippen LogP contribution in [0.5, 0.6) is 0 Å². The fourth-order valence-electron chi connectivity index (χ4n) is 4.64. The lowest BCUT2D eigenvalue weighted by atomic mass is 10.0. The first-order chi connectivity index (χ1) is 18.8. The van der Waals surface area contributed by atoms with Gasteiger partial charge in [-0.25, -0.2) is 0 Å². The van der Waals surface area contributed by atoms with Crippen molar-refractivity contribution in [3.05, 3.63) is 48.6 Å². The largest absolute Gasteiger partial charge is 0.303 e. The quantitative estimate of drug-likeness (QED) is 0.0418. The summed E-state index contributed by atoms with van der Waals surface area (Å²) >= 11 is 0. The second-order valence-electron chi connectivity index (χ2n) is 10.9. The molecule has 2 nitrogen and oxygen atoms in total. The lowest BCUT2D eigenvalue weighted by Crippen LogP contribution is -2.15. The van der Waals surface area contributed by atoms with Crippen molar-refractivity contribution < 1.29 is 9.59 Å². The van der Waals surface area contributed by atoms with E-state index in [2.05, 4.69) is 62.5 Å². The normalized spacial score (nSPS) is 13.0. The van der Waals surface area contributed by atoms with E-state index in [9.17, 15) is 9.59 Å². The Balaban J connectivity index is 3.65. The van der Waals surface area contributed by atoms with Gasteiger partial charge >= 0.3 is 0 Å². The maximum absolute atomic E-state index is 12.4. The van der Waals surface area contributed by atoms with E-state index in [1.807, 2.05) is 0 Å². The van der Waals surface area contributed by atoms with Crippen molar-refractivity contribution in [1.29, 1.82) is 0 Å². The molecule has 0 aliphatic heterocycles. The van der Waals surface area contributed by atoms with Gasteiger partial charge in [0.2, 0.25) is 0 Å². The highest BCUT2D eigenvalue weighted by molar-refractivity contribution is 5.93. The molecule has 1 unspecified atom stereocenters. The molecule has 218 valence electrons. The third-order valence-corrected chi connectivity index (χ3v) is 7.21. The zero-order chi connectivity index (χ0) is 27.8. The third kappa shape index (κ3) is 27.3. The number of aldehydes is 1. The van der Waals surface area contributed by atoms with Crippen LogP contribution in [-0.2, 0) is 9.59 Å². The van der Waals surface area contributed by atoms with Gasteiger partial charge in [0.1, 0.15) is 12.1 Å². The highest BCUT2D eigenvalue weighted by Gasteiger charge is 2.15. The molecule has 0 saturated carbocycles. The summed E-state index contributed by atoms with van der Waals surface area (Å²) in [5, 5.41) is 0. The van der Waals surface area contributed by atoms with Crippen molar-refractivity contribution in [2.24, 2.45) is 5.92 Å². The summed E-state index contributed by atoms with van der Waals surface area (Å²) in [5.41, 5.74) is 0. The number of ketones is 1. The highest BCUT2D eigenvalue weighted by Crippen LogP contribution is 2.15. The van der Waals surface area contributed by atoms with Crippen molar-refractivity contribution in [2.45, 2.75) is 162 Å². The first-order valence-electron chi connectivity index (χ1n) is 16.3. The van der Waals surface area contributed by atoms with Gasteiger partial charge in [0.15, 0.2) is 0 Å². The standard InChI is InChI=1S/C36H62O2/c1-3-5-7-9-11-13-15-17-18-19-21-22-24-26-28-30-32-35(34-37)36(38)33-31-29-27-25-23-20-16-14-12-10-8-6-4-2/h11,13,17-18,21-22,26,28,34-35H,3-10,12,14-16,19-20,23-25,27,29-33H2,1-2H3/b13-11-,18-17-,22-21-,28-26-/i33+2. The molecule has 0 radical (unpaired) electrons. The monoisotopic (exact) mass is 528 g/mol. The van der Waals surface area contributed by atoms with E-state index in [0.717, 1.165) is 44.8 Å². The smallest absolute Gasteiger partial charge is 0.143 e. The summed E-state index contributed by atoms with van der Waals surface area (Å²) in [7, 11) is 0. The predicted molar refractivity (Wildman–Crippen MR) is 169 cm³/mol. The maximum atomic E-state index is 12.4. The first-order valence-corrected chi connectivity index (χ1v) is 16.3. The Labute approximate surface area is 237 Å². The van der Waals surface area contributed by atoms with Crippen LogP contribution in [0.2, 0.25) is 0 Å². The number of Topliss-reactive ketones (excluding diaryl/α,β-unsaturated/α-hetero) is 1. The Hall–Kier alpha value is -1.70. The third-order valence-electron chi connectivity index (χ3n) is 7.21. The minimum atomic E-state index is -0.418. The highest BCUT2D eigenvalue weighted by atomic mass is 16.2. The average molecular weight is 529 g/mol. The first kappa shape index (κ1) is 36.3. The van der Waals surface area contributed by atoms with Crippen LogP contribution in [0.1, 0.15) is 162 Å². The van der Waals surface area contributed by atoms with Gasteiger partial charge in [-0.15, -0.1) is 0 Å². The van der Waals surface area contributed by atoms with Gasteiger partial charge in [0.05, 0.1) is 5.92 Å². The molecule has 0 bridgehead atoms. The number of rotatable bonds is 29. The van der Waals surface area contributed by atoms with Crippen LogP contribution < -0.4 is 0 Å². The van der Waals surface area contributed by atoms with Crippen molar-refractivity contribution in [3.8, 4) is 0 Å². The molecular weight excluding hydrogens is 466 g/mol. The summed E-state index contributed by atoms with van der Waals surface area (Å²) < 4.78 is 0. The molecule has 0 amide bonds. The van der Waals surface area contributed by atoms with Gasteiger partial charge in [0, 0.05) is 6.42 Å². The lowest BCUT2D eigenvalue weighted by Gasteiger charge is -2.08. The van der Waals surface area contributed by atoms with Gasteiger partial charge in [-0.2, -0.15) is 0 Å². The maximum Gasteiger partial charge on any atom is 0.143 e. The van der Waals surface area contributed by atoms with E-state index >= 15 is 0 Å². The molecule has 0 aliphatic carbocycles. The van der Waals surface area contributed by atoms with Crippen molar-refractivity contribution in [3.63, 3.8) is 0 Å². The van der Waals surface area contributed by atoms with Crippen LogP contribution in [-0.4, -0.2) is 12.1 Å². The Morgan fingerprint density at radius 1 is 0.553 bits per heavy atom. The van der Waals surface area contributed by atoms with E-state index < -0.39 is 5.92 Å².